The van der Waals surface area contributed by atoms with E-state index in [1.807, 2.05) is 18.2 Å². The van der Waals surface area contributed by atoms with Gasteiger partial charge in [-0.05, 0) is 61.4 Å². The predicted octanol–water partition coefficient (Wildman–Crippen LogP) is 10.1. The highest BCUT2D eigenvalue weighted by molar-refractivity contribution is 6.74. The largest absolute Gasteiger partial charge is 0.466 e. The highest BCUT2D eigenvalue weighted by Crippen LogP contribution is 2.42. The van der Waals surface area contributed by atoms with E-state index in [4.69, 9.17) is 13.6 Å². The smallest absolute Gasteiger partial charge is 0.330 e. The Bertz CT molecular complexity index is 983. The number of carbonyl (C=O) groups is 1. The Hall–Kier alpha value is -1.26. The van der Waals surface area contributed by atoms with Crippen molar-refractivity contribution < 1.29 is 23.5 Å². The van der Waals surface area contributed by atoms with E-state index >= 15 is 0 Å². The molecule has 0 aliphatic carbocycles. The molecule has 0 unspecified atom stereocenters. The third-order valence-electron chi connectivity index (χ3n) is 10.1. The SMILES string of the molecule is C=C/C=C\[C@H](C)[C@H](O)[C@@H](C)[C@H](O[Si](C)(C)C(C)(C)C)[C@@H](C)C/C(C)=C\[C@H](C)[C@@H](O[Si](C)(C)C(C)(C)C)[C@@H](C)/C=C\C(=O)OC. The van der Waals surface area contributed by atoms with E-state index in [1.54, 1.807) is 6.08 Å². The molecule has 7 heteroatoms. The van der Waals surface area contributed by atoms with Gasteiger partial charge in [-0.3, -0.25) is 0 Å². The lowest BCUT2D eigenvalue weighted by atomic mass is 9.81. The molecule has 0 bridgehead atoms. The molecule has 0 saturated carbocycles. The summed E-state index contributed by atoms with van der Waals surface area (Å²) < 4.78 is 18.9. The zero-order valence-electron chi connectivity index (χ0n) is 31.6. The summed E-state index contributed by atoms with van der Waals surface area (Å²) in [5.41, 5.74) is 1.28. The molecule has 5 nitrogen and oxygen atoms in total. The third kappa shape index (κ3) is 13.2. The first-order valence-corrected chi connectivity index (χ1v) is 22.4. The van der Waals surface area contributed by atoms with Gasteiger partial charge < -0.3 is 18.7 Å². The molecular formula is C37H70O5Si2. The topological polar surface area (TPSA) is 65.0 Å². The van der Waals surface area contributed by atoms with Gasteiger partial charge in [-0.2, -0.15) is 0 Å². The summed E-state index contributed by atoms with van der Waals surface area (Å²) in [6, 6.07) is 0. The molecule has 0 aromatic heterocycles. The van der Waals surface area contributed by atoms with E-state index in [1.165, 1.54) is 18.8 Å². The first-order valence-electron chi connectivity index (χ1n) is 16.6. The van der Waals surface area contributed by atoms with Gasteiger partial charge in [0.1, 0.15) is 0 Å². The highest BCUT2D eigenvalue weighted by Gasteiger charge is 2.43. The summed E-state index contributed by atoms with van der Waals surface area (Å²) in [6.07, 6.45) is 11.6. The average Bonchev–Trinajstić information content (AvgIpc) is 2.89. The maximum Gasteiger partial charge on any atom is 0.330 e. The molecule has 0 aromatic carbocycles. The number of carbonyl (C=O) groups excluding carboxylic acids is 1. The Morgan fingerprint density at radius 2 is 1.30 bits per heavy atom. The van der Waals surface area contributed by atoms with E-state index in [2.05, 4.69) is 122 Å². The zero-order chi connectivity index (χ0) is 34.8. The molecule has 0 aromatic rings. The van der Waals surface area contributed by atoms with Crippen LogP contribution in [0.15, 0.2) is 48.6 Å². The molecular weight excluding hydrogens is 581 g/mol. The molecule has 0 radical (unpaired) electrons. The van der Waals surface area contributed by atoms with E-state index in [0.29, 0.717) is 0 Å². The van der Waals surface area contributed by atoms with E-state index < -0.39 is 22.7 Å². The van der Waals surface area contributed by atoms with Crippen LogP contribution in [0.2, 0.25) is 36.3 Å². The summed E-state index contributed by atoms with van der Waals surface area (Å²) in [4.78, 5) is 11.9. The van der Waals surface area contributed by atoms with Crippen molar-refractivity contribution in [1.82, 2.24) is 0 Å². The van der Waals surface area contributed by atoms with E-state index in [0.717, 1.165) is 6.42 Å². The second-order valence-corrected chi connectivity index (χ2v) is 25.8. The molecule has 0 heterocycles. The second kappa shape index (κ2) is 17.6. The Balaban J connectivity index is 6.41. The minimum absolute atomic E-state index is 0.00912. The number of hydrogen-bond donors (Lipinski definition) is 1. The maximum atomic E-state index is 11.9. The summed E-state index contributed by atoms with van der Waals surface area (Å²) in [6.45, 7) is 39.5. The monoisotopic (exact) mass is 650 g/mol. The predicted molar refractivity (Wildman–Crippen MR) is 195 cm³/mol. The van der Waals surface area contributed by atoms with Gasteiger partial charge in [0.05, 0.1) is 25.4 Å². The van der Waals surface area contributed by atoms with Crippen molar-refractivity contribution in [3.05, 3.63) is 48.6 Å². The Morgan fingerprint density at radius 1 is 0.818 bits per heavy atom. The van der Waals surface area contributed by atoms with Gasteiger partial charge in [-0.1, -0.05) is 119 Å². The number of aliphatic hydroxyl groups is 1. The third-order valence-corrected chi connectivity index (χ3v) is 19.1. The molecule has 44 heavy (non-hydrogen) atoms. The van der Waals surface area contributed by atoms with Crippen LogP contribution < -0.4 is 0 Å². The minimum Gasteiger partial charge on any atom is -0.466 e. The summed E-state index contributed by atoms with van der Waals surface area (Å²) in [5.74, 6) is -0.0639. The van der Waals surface area contributed by atoms with Crippen LogP contribution in [0.25, 0.3) is 0 Å². The van der Waals surface area contributed by atoms with Crippen LogP contribution in [0.5, 0.6) is 0 Å². The fraction of sp³-hybridized carbons (Fsp3) is 0.757. The van der Waals surface area contributed by atoms with Crippen molar-refractivity contribution in [2.24, 2.45) is 29.6 Å². The molecule has 0 fully saturated rings. The lowest BCUT2D eigenvalue weighted by molar-refractivity contribution is -0.134. The molecule has 0 rings (SSSR count). The van der Waals surface area contributed by atoms with E-state index in [9.17, 15) is 9.90 Å². The summed E-state index contributed by atoms with van der Waals surface area (Å²) in [5, 5.41) is 11.5. The van der Waals surface area contributed by atoms with Gasteiger partial charge in [0, 0.05) is 23.8 Å². The summed E-state index contributed by atoms with van der Waals surface area (Å²) in [7, 11) is -2.79. The Kier molecular flexibility index (Phi) is 17.1. The average molecular weight is 651 g/mol. The van der Waals surface area contributed by atoms with Crippen LogP contribution in [0.3, 0.4) is 0 Å². The first kappa shape index (κ1) is 42.7. The number of aliphatic hydroxyl groups excluding tert-OH is 1. The normalized spacial score (nSPS) is 19.7. The molecule has 8 atom stereocenters. The molecule has 0 amide bonds. The van der Waals surface area contributed by atoms with Crippen molar-refractivity contribution in [3.63, 3.8) is 0 Å². The van der Waals surface area contributed by atoms with Gasteiger partial charge in [0.2, 0.25) is 0 Å². The van der Waals surface area contributed by atoms with Crippen LogP contribution in [-0.4, -0.2) is 53.1 Å². The quantitative estimate of drug-likeness (QED) is 0.0558. The van der Waals surface area contributed by atoms with Gasteiger partial charge in [-0.15, -0.1) is 0 Å². The number of ether oxygens (including phenoxy) is 1. The van der Waals surface area contributed by atoms with Crippen molar-refractivity contribution in [2.45, 2.75) is 144 Å². The van der Waals surface area contributed by atoms with Crippen LogP contribution in [0.4, 0.5) is 0 Å². The Labute approximate surface area is 274 Å². The van der Waals surface area contributed by atoms with Crippen molar-refractivity contribution in [3.8, 4) is 0 Å². The van der Waals surface area contributed by atoms with Gasteiger partial charge in [0.15, 0.2) is 16.6 Å². The maximum absolute atomic E-state index is 11.9. The second-order valence-electron chi connectivity index (χ2n) is 16.3. The van der Waals surface area contributed by atoms with Crippen LogP contribution in [-0.2, 0) is 18.4 Å². The zero-order valence-corrected chi connectivity index (χ0v) is 33.6. The highest BCUT2D eigenvalue weighted by atomic mass is 28.4. The van der Waals surface area contributed by atoms with Crippen LogP contribution >= 0.6 is 0 Å². The molecule has 1 N–H and O–H groups in total. The first-order chi connectivity index (χ1) is 19.8. The minimum atomic E-state index is -2.11. The number of methoxy groups -OCH3 is 1. The standard InChI is InChI=1S/C37H70O5Si2/c1-19-20-21-27(3)33(39)31(7)35(42-44(17,18)37(11,12)13)30(6)25-26(2)24-29(5)34(28(4)22-23-32(38)40-14)41-43(15,16)36(8,9)10/h19-24,27-31,33-35,39H,1,25H2,2-18H3/b21-20-,23-22-,26-24-/t27-,28-,29-,30-,31+,33-,34-,35+/m0/s1. The molecule has 0 spiro atoms. The number of rotatable bonds is 17. The van der Waals surface area contributed by atoms with Crippen molar-refractivity contribution in [1.29, 1.82) is 0 Å². The van der Waals surface area contributed by atoms with Gasteiger partial charge in [-0.25, -0.2) is 4.79 Å². The fourth-order valence-corrected chi connectivity index (χ4v) is 8.10. The van der Waals surface area contributed by atoms with Crippen LogP contribution in [0, 0.1) is 29.6 Å². The number of esters is 1. The number of allylic oxidation sites excluding steroid dienone is 3. The molecule has 0 saturated heterocycles. The Morgan fingerprint density at radius 3 is 1.73 bits per heavy atom. The van der Waals surface area contributed by atoms with Crippen molar-refractivity contribution in [2.75, 3.05) is 7.11 Å². The van der Waals surface area contributed by atoms with Gasteiger partial charge in [0.25, 0.3) is 0 Å². The molecule has 0 aliphatic rings. The molecule has 256 valence electrons. The van der Waals surface area contributed by atoms with Crippen LogP contribution in [0.1, 0.15) is 89.5 Å². The van der Waals surface area contributed by atoms with E-state index in [-0.39, 0.29) is 57.8 Å². The molecule has 0 aliphatic heterocycles. The lowest BCUT2D eigenvalue weighted by Crippen LogP contribution is -2.49. The van der Waals surface area contributed by atoms with Crippen molar-refractivity contribution >= 4 is 22.6 Å². The lowest BCUT2D eigenvalue weighted by Gasteiger charge is -2.44. The van der Waals surface area contributed by atoms with Gasteiger partial charge >= 0.3 is 5.97 Å². The number of hydrogen-bond acceptors (Lipinski definition) is 5. The fourth-order valence-electron chi connectivity index (χ4n) is 5.15. The summed E-state index contributed by atoms with van der Waals surface area (Å²) >= 11 is 0.